The first-order chi connectivity index (χ1) is 22.1. The number of unbranched alkanes of at least 4 members (excludes halogenated alkanes) is 1. The van der Waals surface area contributed by atoms with Gasteiger partial charge in [0, 0.05) is 36.8 Å². The number of nitrogens with one attached hydrogen (secondary N) is 3. The van der Waals surface area contributed by atoms with Crippen molar-refractivity contribution >= 4 is 23.5 Å². The second-order valence-electron chi connectivity index (χ2n) is 11.7. The van der Waals surface area contributed by atoms with Gasteiger partial charge in [-0.25, -0.2) is 5.48 Å². The van der Waals surface area contributed by atoms with Crippen molar-refractivity contribution in [2.75, 3.05) is 13.1 Å². The Kier molecular flexibility index (Phi) is 14.5. The predicted molar refractivity (Wildman–Crippen MR) is 170 cm³/mol. The van der Waals surface area contributed by atoms with E-state index < -0.39 is 35.8 Å². The van der Waals surface area contributed by atoms with Gasteiger partial charge in [-0.3, -0.25) is 29.1 Å². The van der Waals surface area contributed by atoms with Crippen molar-refractivity contribution < 1.29 is 29.5 Å². The van der Waals surface area contributed by atoms with Crippen LogP contribution < -0.4 is 21.8 Å². The van der Waals surface area contributed by atoms with E-state index in [0.717, 1.165) is 18.5 Å². The summed E-state index contributed by atoms with van der Waals surface area (Å²) in [5.41, 5.74) is 9.51. The second kappa shape index (κ2) is 18.5. The average molecular weight is 636 g/mol. The molecule has 0 aliphatic heterocycles. The Hall–Kier alpha value is -4.46. The molecule has 0 saturated carbocycles. The number of aryl methyl sites for hydroxylation is 2. The van der Waals surface area contributed by atoms with Crippen LogP contribution in [0.15, 0.2) is 60.8 Å². The second-order valence-corrected chi connectivity index (χ2v) is 11.7. The first-order valence-corrected chi connectivity index (χ1v) is 15.6. The van der Waals surface area contributed by atoms with Gasteiger partial charge in [0.1, 0.15) is 12.1 Å². The van der Waals surface area contributed by atoms with Gasteiger partial charge in [0.25, 0.3) is 5.91 Å². The van der Waals surface area contributed by atoms with Crippen LogP contribution in [0.3, 0.4) is 0 Å². The van der Waals surface area contributed by atoms with Crippen LogP contribution in [0.5, 0.6) is 0 Å². The maximum Gasteiger partial charge on any atom is 0.272 e. The zero-order valence-electron chi connectivity index (χ0n) is 26.4. The van der Waals surface area contributed by atoms with Crippen molar-refractivity contribution in [2.45, 2.75) is 71.1 Å². The van der Waals surface area contributed by atoms with Crippen LogP contribution in [0.1, 0.15) is 66.7 Å². The number of nitrogens with zero attached hydrogens (tertiary/aromatic N) is 3. The summed E-state index contributed by atoms with van der Waals surface area (Å²) in [6.45, 7) is 5.28. The Labute approximate surface area is 268 Å². The third kappa shape index (κ3) is 11.2. The Balaban J connectivity index is 1.68. The molecule has 248 valence electrons. The van der Waals surface area contributed by atoms with E-state index in [2.05, 4.69) is 20.9 Å². The minimum atomic E-state index is -1.81. The number of hydroxylamine groups is 1. The van der Waals surface area contributed by atoms with Gasteiger partial charge >= 0.3 is 0 Å². The molecule has 0 aliphatic rings. The zero-order chi connectivity index (χ0) is 33.5. The topological polar surface area (TPSA) is 202 Å². The highest BCUT2D eigenvalue weighted by atomic mass is 16.5. The highest BCUT2D eigenvalue weighted by Gasteiger charge is 2.35. The van der Waals surface area contributed by atoms with Crippen LogP contribution >= 0.6 is 0 Å². The number of rotatable bonds is 19. The lowest BCUT2D eigenvalue weighted by atomic mass is 9.90. The Morgan fingerprint density at radius 2 is 1.61 bits per heavy atom. The van der Waals surface area contributed by atoms with Crippen molar-refractivity contribution in [1.82, 2.24) is 31.1 Å². The molecule has 46 heavy (non-hydrogen) atoms. The molecule has 0 bridgehead atoms. The van der Waals surface area contributed by atoms with E-state index in [1.807, 2.05) is 26.1 Å². The van der Waals surface area contributed by atoms with E-state index in [1.165, 1.54) is 5.48 Å². The van der Waals surface area contributed by atoms with Crippen LogP contribution in [0.4, 0.5) is 0 Å². The van der Waals surface area contributed by atoms with E-state index in [0.29, 0.717) is 49.2 Å². The molecule has 3 aromatic rings. The number of hydrogen-bond donors (Lipinski definition) is 6. The van der Waals surface area contributed by atoms with Gasteiger partial charge in [0.2, 0.25) is 11.8 Å². The lowest BCUT2D eigenvalue weighted by Crippen LogP contribution is -2.53. The van der Waals surface area contributed by atoms with Gasteiger partial charge < -0.3 is 21.5 Å². The summed E-state index contributed by atoms with van der Waals surface area (Å²) < 4.78 is 1.76. The number of carbonyl (C=O) groups excluding carboxylic acids is 4. The first-order valence-electron chi connectivity index (χ1n) is 15.6. The van der Waals surface area contributed by atoms with Crippen LogP contribution in [-0.4, -0.2) is 74.0 Å². The Bertz CT molecular complexity index is 1410. The molecule has 0 spiro atoms. The SMILES string of the molecule is CC(C)C[C@@H](C(=O)N[C@@H](Cc1ccc(C(=O)c2ccccc2)cc1)C(=O)NCCCCc1cn(CCCN)nn1)[C@H](O)C(=O)NO. The summed E-state index contributed by atoms with van der Waals surface area (Å²) in [6.07, 6.45) is 3.22. The molecule has 0 aliphatic carbocycles. The summed E-state index contributed by atoms with van der Waals surface area (Å²) in [6, 6.07) is 14.6. The van der Waals surface area contributed by atoms with Crippen molar-refractivity contribution in [3.8, 4) is 0 Å². The normalized spacial score (nSPS) is 13.1. The molecule has 3 amide bonds. The standard InChI is InChI=1S/C33H45N7O6/c1-22(2)19-27(30(42)33(45)38-46)31(43)36-28(20-23-12-14-25(15-13-23)29(41)24-9-4-3-5-10-24)32(44)35-17-7-6-11-26-21-40(39-37-26)18-8-16-34/h3-5,9-10,12-15,21-22,27-28,30,42,46H,6-8,11,16-20,34H2,1-2H3,(H,35,44)(H,36,43)(H,38,45)/t27-,28+,30+/m1/s1. The number of amides is 3. The molecule has 3 rings (SSSR count). The van der Waals surface area contributed by atoms with Gasteiger partial charge in [-0.2, -0.15) is 0 Å². The number of ketones is 1. The number of hydrogen-bond acceptors (Lipinski definition) is 9. The molecule has 1 aromatic heterocycles. The smallest absolute Gasteiger partial charge is 0.272 e. The van der Waals surface area contributed by atoms with E-state index in [1.54, 1.807) is 53.2 Å². The van der Waals surface area contributed by atoms with Crippen LogP contribution in [0.25, 0.3) is 0 Å². The van der Waals surface area contributed by atoms with Gasteiger partial charge in [-0.1, -0.05) is 73.7 Å². The number of benzene rings is 2. The van der Waals surface area contributed by atoms with E-state index in [-0.39, 0.29) is 24.5 Å². The lowest BCUT2D eigenvalue weighted by molar-refractivity contribution is -0.147. The molecule has 1 heterocycles. The largest absolute Gasteiger partial charge is 0.382 e. The molecule has 2 aromatic carbocycles. The Morgan fingerprint density at radius 1 is 0.913 bits per heavy atom. The van der Waals surface area contributed by atoms with E-state index >= 15 is 0 Å². The van der Waals surface area contributed by atoms with Gasteiger partial charge in [-0.15, -0.1) is 5.10 Å². The van der Waals surface area contributed by atoms with Gasteiger partial charge in [0.15, 0.2) is 5.78 Å². The average Bonchev–Trinajstić information content (AvgIpc) is 3.52. The first kappa shape index (κ1) is 36.0. The quantitative estimate of drug-likeness (QED) is 0.0489. The van der Waals surface area contributed by atoms with E-state index in [9.17, 15) is 24.3 Å². The molecule has 13 nitrogen and oxygen atoms in total. The van der Waals surface area contributed by atoms with Crippen LogP contribution in [0, 0.1) is 11.8 Å². The van der Waals surface area contributed by atoms with Crippen molar-refractivity contribution in [1.29, 1.82) is 0 Å². The summed E-state index contributed by atoms with van der Waals surface area (Å²) in [5, 5.41) is 33.3. The molecule has 3 atom stereocenters. The molecule has 7 N–H and O–H groups in total. The summed E-state index contributed by atoms with van der Waals surface area (Å²) in [7, 11) is 0. The summed E-state index contributed by atoms with van der Waals surface area (Å²) >= 11 is 0. The maximum absolute atomic E-state index is 13.4. The fraction of sp³-hybridized carbons (Fsp3) is 0.455. The predicted octanol–water partition coefficient (Wildman–Crippen LogP) is 1.55. The fourth-order valence-electron chi connectivity index (χ4n) is 4.99. The van der Waals surface area contributed by atoms with Gasteiger partial charge in [0.05, 0.1) is 11.6 Å². The maximum atomic E-state index is 13.4. The highest BCUT2D eigenvalue weighted by molar-refractivity contribution is 6.09. The Morgan fingerprint density at radius 3 is 2.26 bits per heavy atom. The monoisotopic (exact) mass is 635 g/mol. The minimum Gasteiger partial charge on any atom is -0.382 e. The lowest BCUT2D eigenvalue weighted by Gasteiger charge is -2.26. The number of carbonyl (C=O) groups is 4. The number of aliphatic hydroxyl groups is 1. The molecular formula is C33H45N7O6. The van der Waals surface area contributed by atoms with Gasteiger partial charge in [-0.05, 0) is 50.1 Å². The van der Waals surface area contributed by atoms with E-state index in [4.69, 9.17) is 10.9 Å². The zero-order valence-corrected chi connectivity index (χ0v) is 26.4. The highest BCUT2D eigenvalue weighted by Crippen LogP contribution is 2.18. The molecule has 13 heteroatoms. The van der Waals surface area contributed by atoms with Crippen molar-refractivity contribution in [3.05, 3.63) is 83.2 Å². The fourth-order valence-corrected chi connectivity index (χ4v) is 4.99. The molecule has 0 unspecified atom stereocenters. The van der Waals surface area contributed by atoms with Crippen molar-refractivity contribution in [2.24, 2.45) is 17.6 Å². The van der Waals surface area contributed by atoms with Crippen molar-refractivity contribution in [3.63, 3.8) is 0 Å². The number of nitrogens with two attached hydrogens (primary N) is 1. The molecular weight excluding hydrogens is 590 g/mol. The van der Waals surface area contributed by atoms with Crippen LogP contribution in [0.2, 0.25) is 0 Å². The third-order valence-corrected chi connectivity index (χ3v) is 7.48. The molecule has 0 fully saturated rings. The number of aromatic nitrogens is 3. The minimum absolute atomic E-state index is 0.0684. The summed E-state index contributed by atoms with van der Waals surface area (Å²) in [4.78, 5) is 51.6. The molecule has 0 saturated heterocycles. The number of aliphatic hydroxyl groups excluding tert-OH is 1. The van der Waals surface area contributed by atoms with Crippen LogP contribution in [-0.2, 0) is 33.8 Å². The third-order valence-electron chi connectivity index (χ3n) is 7.48. The summed E-state index contributed by atoms with van der Waals surface area (Å²) in [5.74, 6) is -3.65. The molecule has 0 radical (unpaired) electrons.